The van der Waals surface area contributed by atoms with Gasteiger partial charge in [-0.2, -0.15) is 0 Å². The van der Waals surface area contributed by atoms with Gasteiger partial charge in [0.05, 0.1) is 23.1 Å². The van der Waals surface area contributed by atoms with Crippen molar-refractivity contribution in [3.63, 3.8) is 0 Å². The van der Waals surface area contributed by atoms with Crippen LogP contribution in [0.2, 0.25) is 5.15 Å². The lowest BCUT2D eigenvalue weighted by atomic mass is 10.1. The van der Waals surface area contributed by atoms with Crippen molar-refractivity contribution in [1.29, 1.82) is 0 Å². The quantitative estimate of drug-likeness (QED) is 0.315. The normalized spacial score (nSPS) is 11.1. The number of esters is 1. The van der Waals surface area contributed by atoms with Gasteiger partial charge in [-0.3, -0.25) is 4.68 Å². The fourth-order valence-electron chi connectivity index (χ4n) is 3.07. The number of rotatable bonds is 6. The topological polar surface area (TPSA) is 79.1 Å². The van der Waals surface area contributed by atoms with Crippen LogP contribution in [0.15, 0.2) is 36.0 Å². The first-order valence-corrected chi connectivity index (χ1v) is 10.6. The van der Waals surface area contributed by atoms with Crippen LogP contribution in [0.25, 0.3) is 21.3 Å². The van der Waals surface area contributed by atoms with Crippen LogP contribution in [0.4, 0.5) is 0 Å². The second-order valence-electron chi connectivity index (χ2n) is 6.69. The van der Waals surface area contributed by atoms with Gasteiger partial charge in [0.25, 0.3) is 0 Å². The molecule has 0 spiro atoms. The number of aryl methyl sites for hydroxylation is 2. The number of benzene rings is 1. The summed E-state index contributed by atoms with van der Waals surface area (Å²) in [4.78, 5) is 16.4. The first-order valence-electron chi connectivity index (χ1n) is 9.29. The summed E-state index contributed by atoms with van der Waals surface area (Å²) in [6, 6.07) is 5.91. The number of hydrogen-bond donors (Lipinski definition) is 0. The van der Waals surface area contributed by atoms with Gasteiger partial charge in [0.2, 0.25) is 0 Å². The molecule has 0 aliphatic carbocycles. The zero-order valence-corrected chi connectivity index (χ0v) is 18.3. The first kappa shape index (κ1) is 20.3. The van der Waals surface area contributed by atoms with Gasteiger partial charge in [0.1, 0.15) is 23.2 Å². The van der Waals surface area contributed by atoms with E-state index in [2.05, 4.69) is 15.3 Å². The van der Waals surface area contributed by atoms with Crippen LogP contribution in [0, 0.1) is 6.92 Å². The Balaban J connectivity index is 1.63. The summed E-state index contributed by atoms with van der Waals surface area (Å²) in [5, 5.41) is 11.1. The number of nitrogens with zero attached hydrogens (tertiary/aromatic N) is 4. The molecule has 4 rings (SSSR count). The van der Waals surface area contributed by atoms with Crippen LogP contribution in [0.1, 0.15) is 28.4 Å². The number of carbonyl (C=O) groups is 1. The molecule has 30 heavy (non-hydrogen) atoms. The summed E-state index contributed by atoms with van der Waals surface area (Å²) in [7, 11) is 1.83. The van der Waals surface area contributed by atoms with Crippen LogP contribution in [0.3, 0.4) is 0 Å². The Morgan fingerprint density at radius 3 is 2.90 bits per heavy atom. The zero-order valence-electron chi connectivity index (χ0n) is 16.7. The van der Waals surface area contributed by atoms with Gasteiger partial charge >= 0.3 is 5.97 Å². The molecule has 7 nitrogen and oxygen atoms in total. The average Bonchev–Trinajstić information content (AvgIpc) is 3.35. The smallest absolute Gasteiger partial charge is 0.341 e. The number of ether oxygens (including phenoxy) is 2. The minimum absolute atomic E-state index is 0.290. The molecule has 0 fully saturated rings. The van der Waals surface area contributed by atoms with Gasteiger partial charge in [-0.15, -0.1) is 16.4 Å². The molecular weight excluding hydrogens is 424 g/mol. The molecule has 9 heteroatoms. The van der Waals surface area contributed by atoms with Crippen molar-refractivity contribution in [3.8, 4) is 17.0 Å². The van der Waals surface area contributed by atoms with Gasteiger partial charge < -0.3 is 9.47 Å². The molecule has 0 saturated carbocycles. The van der Waals surface area contributed by atoms with E-state index in [0.29, 0.717) is 23.9 Å². The summed E-state index contributed by atoms with van der Waals surface area (Å²) >= 11 is 7.77. The predicted octanol–water partition coefficient (Wildman–Crippen LogP) is 4.81. The minimum atomic E-state index is -0.409. The molecular formula is C21H19ClN4O3S. The SMILES string of the molecule is CCOC(=O)c1cnc(Cl)c2c(COc3cc(-c4cn(C)nn4)ccc3C)csc12. The molecule has 1 aromatic carbocycles. The van der Waals surface area contributed by atoms with E-state index in [4.69, 9.17) is 21.1 Å². The van der Waals surface area contributed by atoms with E-state index in [9.17, 15) is 4.79 Å². The molecule has 0 amide bonds. The second-order valence-corrected chi connectivity index (χ2v) is 7.93. The summed E-state index contributed by atoms with van der Waals surface area (Å²) < 4.78 is 13.6. The van der Waals surface area contributed by atoms with Crippen LogP contribution < -0.4 is 4.74 Å². The molecule has 0 unspecified atom stereocenters. The zero-order chi connectivity index (χ0) is 21.3. The third kappa shape index (κ3) is 3.88. The highest BCUT2D eigenvalue weighted by Gasteiger charge is 2.19. The van der Waals surface area contributed by atoms with E-state index in [0.717, 1.165) is 38.2 Å². The Hall–Kier alpha value is -2.97. The van der Waals surface area contributed by atoms with Crippen molar-refractivity contribution >= 4 is 39.0 Å². The van der Waals surface area contributed by atoms with Gasteiger partial charge in [0.15, 0.2) is 0 Å². The van der Waals surface area contributed by atoms with Crippen molar-refractivity contribution in [3.05, 3.63) is 57.8 Å². The van der Waals surface area contributed by atoms with Crippen LogP contribution in [0.5, 0.6) is 5.75 Å². The van der Waals surface area contributed by atoms with Crippen molar-refractivity contribution in [2.75, 3.05) is 6.61 Å². The van der Waals surface area contributed by atoms with Crippen molar-refractivity contribution in [1.82, 2.24) is 20.0 Å². The van der Waals surface area contributed by atoms with Crippen LogP contribution >= 0.6 is 22.9 Å². The van der Waals surface area contributed by atoms with Gasteiger partial charge in [-0.05, 0) is 30.9 Å². The number of carbonyl (C=O) groups excluding carboxylic acids is 1. The van der Waals surface area contributed by atoms with Crippen LogP contribution in [-0.2, 0) is 18.4 Å². The average molecular weight is 443 g/mol. The molecule has 0 aliphatic heterocycles. The lowest BCUT2D eigenvalue weighted by Crippen LogP contribution is -2.05. The highest BCUT2D eigenvalue weighted by molar-refractivity contribution is 7.17. The summed E-state index contributed by atoms with van der Waals surface area (Å²) in [5.41, 5.74) is 3.97. The van der Waals surface area contributed by atoms with Gasteiger partial charge in [-0.25, -0.2) is 9.78 Å². The fraction of sp³-hybridized carbons (Fsp3) is 0.238. The molecule has 0 radical (unpaired) electrons. The highest BCUT2D eigenvalue weighted by atomic mass is 35.5. The van der Waals surface area contributed by atoms with Crippen molar-refractivity contribution in [2.45, 2.75) is 20.5 Å². The Morgan fingerprint density at radius 2 is 2.17 bits per heavy atom. The second kappa shape index (κ2) is 8.41. The number of thiophene rings is 1. The molecule has 0 saturated heterocycles. The first-order chi connectivity index (χ1) is 14.5. The number of aromatic nitrogens is 4. The Kier molecular flexibility index (Phi) is 5.69. The summed E-state index contributed by atoms with van der Waals surface area (Å²) in [6.45, 7) is 4.34. The van der Waals surface area contributed by atoms with Gasteiger partial charge in [0, 0.05) is 29.8 Å². The van der Waals surface area contributed by atoms with Gasteiger partial charge in [-0.1, -0.05) is 28.9 Å². The van der Waals surface area contributed by atoms with E-state index in [1.54, 1.807) is 11.6 Å². The summed E-state index contributed by atoms with van der Waals surface area (Å²) in [5.74, 6) is 0.330. The maximum absolute atomic E-state index is 12.2. The Morgan fingerprint density at radius 1 is 1.33 bits per heavy atom. The monoisotopic (exact) mass is 442 g/mol. The molecule has 0 aliphatic rings. The third-order valence-electron chi connectivity index (χ3n) is 4.59. The van der Waals surface area contributed by atoms with E-state index in [-0.39, 0.29) is 0 Å². The molecule has 154 valence electrons. The van der Waals surface area contributed by atoms with E-state index in [1.807, 2.05) is 43.7 Å². The van der Waals surface area contributed by atoms with E-state index < -0.39 is 5.97 Å². The largest absolute Gasteiger partial charge is 0.489 e. The van der Waals surface area contributed by atoms with Crippen LogP contribution in [-0.4, -0.2) is 32.6 Å². The van der Waals surface area contributed by atoms with Crippen molar-refractivity contribution in [2.24, 2.45) is 7.05 Å². The number of pyridine rings is 1. The third-order valence-corrected chi connectivity index (χ3v) is 5.94. The lowest BCUT2D eigenvalue weighted by Gasteiger charge is -2.11. The molecule has 3 heterocycles. The number of fused-ring (bicyclic) bond motifs is 1. The minimum Gasteiger partial charge on any atom is -0.489 e. The highest BCUT2D eigenvalue weighted by Crippen LogP contribution is 2.35. The molecule has 0 N–H and O–H groups in total. The molecule has 0 bridgehead atoms. The molecule has 0 atom stereocenters. The van der Waals surface area contributed by atoms with E-state index >= 15 is 0 Å². The predicted molar refractivity (Wildman–Crippen MR) is 116 cm³/mol. The number of hydrogen-bond acceptors (Lipinski definition) is 7. The maximum atomic E-state index is 12.2. The molecule has 4 aromatic rings. The van der Waals surface area contributed by atoms with Crippen molar-refractivity contribution < 1.29 is 14.3 Å². The molecule has 3 aromatic heterocycles. The summed E-state index contributed by atoms with van der Waals surface area (Å²) in [6.07, 6.45) is 3.31. The Bertz CT molecular complexity index is 1230. The fourth-order valence-corrected chi connectivity index (χ4v) is 4.45. The van der Waals surface area contributed by atoms with E-state index in [1.165, 1.54) is 17.5 Å². The Labute approximate surface area is 182 Å². The maximum Gasteiger partial charge on any atom is 0.341 e. The standard InChI is InChI=1S/C21H19ClN4O3S/c1-4-28-21(27)15-8-23-20(22)18-14(11-30-19(15)18)10-29-17-7-13(6-5-12(17)2)16-9-26(3)25-24-16/h5-9,11H,4,10H2,1-3H3. The lowest BCUT2D eigenvalue weighted by molar-refractivity contribution is 0.0528. The number of halogens is 1.